The summed E-state index contributed by atoms with van der Waals surface area (Å²) in [4.78, 5) is 13.7. The van der Waals surface area contributed by atoms with Crippen LogP contribution in [-0.2, 0) is 34.3 Å². The van der Waals surface area contributed by atoms with Crippen LogP contribution in [0.1, 0.15) is 66.8 Å². The van der Waals surface area contributed by atoms with Crippen molar-refractivity contribution in [2.24, 2.45) is 0 Å². The van der Waals surface area contributed by atoms with Gasteiger partial charge in [0.1, 0.15) is 0 Å². The van der Waals surface area contributed by atoms with Gasteiger partial charge in [0.05, 0.1) is 17.4 Å². The van der Waals surface area contributed by atoms with Gasteiger partial charge in [-0.15, -0.1) is 0 Å². The number of fused-ring (bicyclic) bond motifs is 1. The lowest BCUT2D eigenvalue weighted by Gasteiger charge is -2.21. The van der Waals surface area contributed by atoms with Crippen LogP contribution < -0.4 is 14.2 Å². The maximum atomic E-state index is 13.6. The smallest absolute Gasteiger partial charge is 0.264 e. The van der Waals surface area contributed by atoms with E-state index in [1.54, 1.807) is 30.3 Å². The van der Waals surface area contributed by atoms with Gasteiger partial charge in [0, 0.05) is 0 Å². The summed E-state index contributed by atoms with van der Waals surface area (Å²) < 4.78 is 39.5. The van der Waals surface area contributed by atoms with Crippen molar-refractivity contribution in [3.05, 3.63) is 88.5 Å². The van der Waals surface area contributed by atoms with Crippen LogP contribution in [0.5, 0.6) is 11.5 Å². The Hall–Kier alpha value is -3.36. The van der Waals surface area contributed by atoms with E-state index in [0.717, 1.165) is 35.1 Å². The number of amides is 1. The molecule has 0 fully saturated rings. The number of carbonyl (C=O) groups is 1. The van der Waals surface area contributed by atoms with E-state index in [1.165, 1.54) is 12.1 Å². The minimum absolute atomic E-state index is 0.0420. The number of aliphatic hydroxyl groups is 1. The monoisotopic (exact) mass is 523 g/mol. The van der Waals surface area contributed by atoms with Gasteiger partial charge in [0.2, 0.25) is 12.7 Å². The maximum absolute atomic E-state index is 13.6. The molecule has 1 atom stereocenters. The minimum atomic E-state index is -4.07. The molecule has 3 aromatic rings. The summed E-state index contributed by atoms with van der Waals surface area (Å²) in [5.74, 6) is -0.187. The Labute approximate surface area is 218 Å². The van der Waals surface area contributed by atoms with E-state index >= 15 is 0 Å². The van der Waals surface area contributed by atoms with Crippen molar-refractivity contribution >= 4 is 15.9 Å². The first-order valence-electron chi connectivity index (χ1n) is 12.5. The molecule has 0 bridgehead atoms. The number of hydrogen-bond acceptors (Lipinski definition) is 6. The van der Waals surface area contributed by atoms with Gasteiger partial charge in [-0.2, -0.15) is 0 Å². The van der Waals surface area contributed by atoms with Crippen molar-refractivity contribution in [3.63, 3.8) is 0 Å². The van der Waals surface area contributed by atoms with Crippen molar-refractivity contribution in [2.45, 2.75) is 63.4 Å². The average molecular weight is 524 g/mol. The average Bonchev–Trinajstić information content (AvgIpc) is 3.35. The number of sulfonamides is 1. The summed E-state index contributed by atoms with van der Waals surface area (Å²) in [5.41, 5.74) is 4.35. The van der Waals surface area contributed by atoms with Crippen LogP contribution in [0, 0.1) is 0 Å². The highest BCUT2D eigenvalue weighted by molar-refractivity contribution is 7.90. The fourth-order valence-electron chi connectivity index (χ4n) is 4.56. The number of benzene rings is 3. The van der Waals surface area contributed by atoms with Crippen molar-refractivity contribution < 1.29 is 27.8 Å². The van der Waals surface area contributed by atoms with Crippen LogP contribution >= 0.6 is 0 Å². The molecule has 4 rings (SSSR count). The third-order valence-electron chi connectivity index (χ3n) is 6.56. The Balaban J connectivity index is 1.68. The lowest BCUT2D eigenvalue weighted by Crippen LogP contribution is -2.35. The zero-order valence-electron chi connectivity index (χ0n) is 21.4. The van der Waals surface area contributed by atoms with E-state index in [9.17, 15) is 18.3 Å². The second-order valence-corrected chi connectivity index (χ2v) is 11.3. The minimum Gasteiger partial charge on any atom is -0.454 e. The molecule has 0 saturated carbocycles. The number of nitrogens with one attached hydrogen (secondary N) is 1. The highest BCUT2D eigenvalue weighted by atomic mass is 32.2. The van der Waals surface area contributed by atoms with E-state index < -0.39 is 21.8 Å². The summed E-state index contributed by atoms with van der Waals surface area (Å²) in [6.07, 6.45) is 2.08. The predicted molar refractivity (Wildman–Crippen MR) is 141 cm³/mol. The Morgan fingerprint density at radius 2 is 1.68 bits per heavy atom. The number of ether oxygens (including phenoxy) is 2. The fourth-order valence-corrected chi connectivity index (χ4v) is 5.58. The lowest BCUT2D eigenvalue weighted by atomic mass is 9.86. The first kappa shape index (κ1) is 26.7. The van der Waals surface area contributed by atoms with Gasteiger partial charge in [-0.3, -0.25) is 4.79 Å². The van der Waals surface area contributed by atoms with Gasteiger partial charge < -0.3 is 14.6 Å². The van der Waals surface area contributed by atoms with Gasteiger partial charge in [-0.1, -0.05) is 63.6 Å². The van der Waals surface area contributed by atoms with Crippen LogP contribution in [-0.4, -0.2) is 26.2 Å². The number of aryl methyl sites for hydroxylation is 1. The van der Waals surface area contributed by atoms with Crippen molar-refractivity contribution in [1.82, 2.24) is 4.72 Å². The van der Waals surface area contributed by atoms with E-state index in [2.05, 4.69) is 11.6 Å². The molecular formula is C29H33NO6S. The van der Waals surface area contributed by atoms with Crippen LogP contribution in [0.15, 0.2) is 65.6 Å². The Bertz CT molecular complexity index is 1370. The largest absolute Gasteiger partial charge is 0.454 e. The number of aliphatic hydroxyl groups excluding tert-OH is 1. The zero-order valence-corrected chi connectivity index (χ0v) is 22.2. The predicted octanol–water partition coefficient (Wildman–Crippen LogP) is 4.81. The quantitative estimate of drug-likeness (QED) is 0.395. The lowest BCUT2D eigenvalue weighted by molar-refractivity contribution is -0.120. The van der Waals surface area contributed by atoms with E-state index in [4.69, 9.17) is 9.47 Å². The molecule has 1 unspecified atom stereocenters. The first-order chi connectivity index (χ1) is 17.7. The molecule has 1 heterocycles. The third-order valence-corrected chi connectivity index (χ3v) is 7.92. The highest BCUT2D eigenvalue weighted by Gasteiger charge is 2.29. The molecule has 0 radical (unpaired) electrons. The van der Waals surface area contributed by atoms with Gasteiger partial charge in [0.15, 0.2) is 11.5 Å². The molecule has 1 aliphatic rings. The summed E-state index contributed by atoms with van der Waals surface area (Å²) in [7, 11) is -4.07. The van der Waals surface area contributed by atoms with Gasteiger partial charge in [0.25, 0.3) is 10.0 Å². The Morgan fingerprint density at radius 3 is 2.35 bits per heavy atom. The van der Waals surface area contributed by atoms with Crippen LogP contribution in [0.3, 0.4) is 0 Å². The van der Waals surface area contributed by atoms with Crippen molar-refractivity contribution in [1.29, 1.82) is 0 Å². The molecule has 0 aliphatic carbocycles. The molecule has 0 spiro atoms. The van der Waals surface area contributed by atoms with Crippen LogP contribution in [0.4, 0.5) is 0 Å². The van der Waals surface area contributed by atoms with E-state index in [-0.39, 0.29) is 30.6 Å². The molecule has 8 heteroatoms. The summed E-state index contributed by atoms with van der Waals surface area (Å²) in [6.45, 7) is 6.16. The van der Waals surface area contributed by atoms with Crippen molar-refractivity contribution in [2.75, 3.05) is 6.79 Å². The topological polar surface area (TPSA) is 102 Å². The summed E-state index contributed by atoms with van der Waals surface area (Å²) in [5, 5.41) is 9.60. The third kappa shape index (κ3) is 6.14. The molecule has 196 valence electrons. The zero-order chi connectivity index (χ0) is 26.6. The second kappa shape index (κ2) is 11.4. The van der Waals surface area contributed by atoms with Gasteiger partial charge >= 0.3 is 0 Å². The Morgan fingerprint density at radius 1 is 0.973 bits per heavy atom. The van der Waals surface area contributed by atoms with E-state index in [1.807, 2.05) is 32.0 Å². The first-order valence-corrected chi connectivity index (χ1v) is 14.0. The number of rotatable bonds is 10. The molecule has 2 N–H and O–H groups in total. The molecule has 0 saturated heterocycles. The molecule has 0 aromatic heterocycles. The number of carbonyl (C=O) groups excluding carboxylic acids is 1. The molecule has 1 aliphatic heterocycles. The Kier molecular flexibility index (Phi) is 8.19. The fraction of sp³-hybridized carbons (Fsp3) is 0.345. The summed E-state index contributed by atoms with van der Waals surface area (Å²) in [6, 6.07) is 17.5. The highest BCUT2D eigenvalue weighted by Crippen LogP contribution is 2.36. The molecule has 37 heavy (non-hydrogen) atoms. The van der Waals surface area contributed by atoms with Crippen LogP contribution in [0.2, 0.25) is 0 Å². The molecular weight excluding hydrogens is 490 g/mol. The SMILES string of the molecule is CCCc1ccc(S(=O)(=O)NC(=O)C(Cc2ccc(CO)cc2C(C)C)c2ccc3c(c2)OCO3)cc1. The van der Waals surface area contributed by atoms with Gasteiger partial charge in [-0.25, -0.2) is 13.1 Å². The standard InChI is InChI=1S/C29H33NO6S/c1-4-5-20-7-11-24(12-8-20)37(33,34)30-29(32)26(23-10-13-27-28(16-23)36-18-35-27)15-22-9-6-21(17-31)14-25(22)19(2)3/h6-14,16,19,26,31H,4-5,15,17-18H2,1-3H3,(H,30,32). The molecule has 1 amide bonds. The second-order valence-electron chi connectivity index (χ2n) is 9.58. The van der Waals surface area contributed by atoms with Crippen LogP contribution in [0.25, 0.3) is 0 Å². The van der Waals surface area contributed by atoms with E-state index in [0.29, 0.717) is 17.1 Å². The molecule has 7 nitrogen and oxygen atoms in total. The number of hydrogen-bond donors (Lipinski definition) is 2. The summed E-state index contributed by atoms with van der Waals surface area (Å²) >= 11 is 0. The maximum Gasteiger partial charge on any atom is 0.264 e. The van der Waals surface area contributed by atoms with Crippen molar-refractivity contribution in [3.8, 4) is 11.5 Å². The normalized spacial score (nSPS) is 13.5. The molecule has 3 aromatic carbocycles. The van der Waals surface area contributed by atoms with Gasteiger partial charge in [-0.05, 0) is 70.8 Å².